The van der Waals surface area contributed by atoms with Crippen LogP contribution < -0.4 is 10.0 Å². The minimum atomic E-state index is -3.77. The van der Waals surface area contributed by atoms with Crippen molar-refractivity contribution < 1.29 is 17.6 Å². The molecule has 1 aromatic carbocycles. The first-order valence-corrected chi connectivity index (χ1v) is 9.65. The number of amides is 1. The molecule has 2 N–H and O–H groups in total. The van der Waals surface area contributed by atoms with E-state index in [4.69, 9.17) is 4.42 Å². The number of carbonyl (C=O) groups is 1. The van der Waals surface area contributed by atoms with E-state index in [1.54, 1.807) is 24.3 Å². The highest BCUT2D eigenvalue weighted by molar-refractivity contribution is 7.89. The standard InChI is InChI=1S/C18H24N2O4S/c1-13(2)11-17(18(21)19-12-15-5-4-10-24-15)20-25(22,23)16-8-6-14(3)7-9-16/h4-10,13,17,20H,11-12H2,1-3H3,(H,19,21)/t17-/m1/s1. The van der Waals surface area contributed by atoms with Crippen LogP contribution in [-0.4, -0.2) is 20.4 Å². The number of benzene rings is 1. The molecular weight excluding hydrogens is 340 g/mol. The number of rotatable bonds is 8. The molecule has 1 amide bonds. The van der Waals surface area contributed by atoms with Crippen molar-refractivity contribution in [3.63, 3.8) is 0 Å². The highest BCUT2D eigenvalue weighted by Gasteiger charge is 2.26. The average molecular weight is 364 g/mol. The molecule has 1 heterocycles. The molecule has 1 aromatic heterocycles. The zero-order chi connectivity index (χ0) is 18.4. The number of hydrogen-bond donors (Lipinski definition) is 2. The van der Waals surface area contributed by atoms with Crippen LogP contribution in [0.1, 0.15) is 31.6 Å². The Balaban J connectivity index is 2.10. The van der Waals surface area contributed by atoms with Crippen LogP contribution in [0.3, 0.4) is 0 Å². The minimum absolute atomic E-state index is 0.144. The summed E-state index contributed by atoms with van der Waals surface area (Å²) in [5, 5.41) is 2.71. The highest BCUT2D eigenvalue weighted by atomic mass is 32.2. The van der Waals surface area contributed by atoms with Crippen LogP contribution in [-0.2, 0) is 21.4 Å². The van der Waals surface area contributed by atoms with Crippen LogP contribution >= 0.6 is 0 Å². The van der Waals surface area contributed by atoms with E-state index in [1.165, 1.54) is 18.4 Å². The second-order valence-corrected chi connectivity index (χ2v) is 8.13. The molecule has 7 heteroatoms. The molecule has 0 saturated carbocycles. The zero-order valence-electron chi connectivity index (χ0n) is 14.7. The maximum atomic E-state index is 12.6. The fraction of sp³-hybridized carbons (Fsp3) is 0.389. The lowest BCUT2D eigenvalue weighted by Crippen LogP contribution is -2.47. The molecule has 2 rings (SSSR count). The van der Waals surface area contributed by atoms with Gasteiger partial charge in [-0.15, -0.1) is 0 Å². The van der Waals surface area contributed by atoms with Crippen molar-refractivity contribution in [3.05, 3.63) is 54.0 Å². The summed E-state index contributed by atoms with van der Waals surface area (Å²) in [6.07, 6.45) is 1.92. The lowest BCUT2D eigenvalue weighted by Gasteiger charge is -2.20. The molecule has 1 atom stereocenters. The molecule has 0 bridgehead atoms. The zero-order valence-corrected chi connectivity index (χ0v) is 15.5. The summed E-state index contributed by atoms with van der Waals surface area (Å²) in [5.74, 6) is 0.388. The molecule has 2 aromatic rings. The van der Waals surface area contributed by atoms with E-state index >= 15 is 0 Å². The molecule has 0 radical (unpaired) electrons. The second-order valence-electron chi connectivity index (χ2n) is 6.41. The molecule has 0 unspecified atom stereocenters. The second kappa shape index (κ2) is 8.31. The quantitative estimate of drug-likeness (QED) is 0.753. The van der Waals surface area contributed by atoms with E-state index in [9.17, 15) is 13.2 Å². The van der Waals surface area contributed by atoms with Gasteiger partial charge in [-0.3, -0.25) is 4.79 Å². The molecular formula is C18H24N2O4S. The fourth-order valence-corrected chi connectivity index (χ4v) is 3.57. The van der Waals surface area contributed by atoms with Gasteiger partial charge in [-0.2, -0.15) is 4.72 Å². The third-order valence-corrected chi connectivity index (χ3v) is 5.16. The van der Waals surface area contributed by atoms with Crippen molar-refractivity contribution in [3.8, 4) is 0 Å². The van der Waals surface area contributed by atoms with E-state index in [1.807, 2.05) is 20.8 Å². The maximum absolute atomic E-state index is 12.6. The molecule has 136 valence electrons. The Labute approximate surface area is 148 Å². The minimum Gasteiger partial charge on any atom is -0.467 e. The lowest BCUT2D eigenvalue weighted by molar-refractivity contribution is -0.123. The van der Waals surface area contributed by atoms with Gasteiger partial charge in [0.15, 0.2) is 0 Å². The molecule has 0 fully saturated rings. The SMILES string of the molecule is Cc1ccc(S(=O)(=O)N[C@H](CC(C)C)C(=O)NCc2ccco2)cc1. The van der Waals surface area contributed by atoms with Crippen molar-refractivity contribution >= 4 is 15.9 Å². The fourth-order valence-electron chi connectivity index (χ4n) is 2.36. The molecule has 0 aliphatic rings. The Morgan fingerprint density at radius 2 is 1.84 bits per heavy atom. The number of sulfonamides is 1. The average Bonchev–Trinajstić information content (AvgIpc) is 3.05. The largest absolute Gasteiger partial charge is 0.467 e. The summed E-state index contributed by atoms with van der Waals surface area (Å²) in [7, 11) is -3.77. The third-order valence-electron chi connectivity index (χ3n) is 3.67. The Kier molecular flexibility index (Phi) is 6.39. The van der Waals surface area contributed by atoms with Crippen molar-refractivity contribution in [1.29, 1.82) is 0 Å². The monoisotopic (exact) mass is 364 g/mol. The predicted octanol–water partition coefficient (Wildman–Crippen LogP) is 2.60. The van der Waals surface area contributed by atoms with Crippen LogP contribution in [0, 0.1) is 12.8 Å². The van der Waals surface area contributed by atoms with Gasteiger partial charge >= 0.3 is 0 Å². The van der Waals surface area contributed by atoms with Gasteiger partial charge in [-0.25, -0.2) is 8.42 Å². The van der Waals surface area contributed by atoms with Gasteiger partial charge in [-0.05, 0) is 43.5 Å². The predicted molar refractivity (Wildman–Crippen MR) is 95.3 cm³/mol. The summed E-state index contributed by atoms with van der Waals surface area (Å²) >= 11 is 0. The Bertz CT molecular complexity index is 781. The van der Waals surface area contributed by atoms with E-state index in [-0.39, 0.29) is 23.3 Å². The van der Waals surface area contributed by atoms with Gasteiger partial charge in [-0.1, -0.05) is 31.5 Å². The number of nitrogens with one attached hydrogen (secondary N) is 2. The van der Waals surface area contributed by atoms with Crippen LogP contribution in [0.2, 0.25) is 0 Å². The van der Waals surface area contributed by atoms with Gasteiger partial charge in [0.2, 0.25) is 15.9 Å². The summed E-state index contributed by atoms with van der Waals surface area (Å²) in [4.78, 5) is 12.6. The van der Waals surface area contributed by atoms with E-state index < -0.39 is 16.1 Å². The van der Waals surface area contributed by atoms with Gasteiger partial charge in [0, 0.05) is 0 Å². The summed E-state index contributed by atoms with van der Waals surface area (Å²) < 4.78 is 32.8. The number of aryl methyl sites for hydroxylation is 1. The topological polar surface area (TPSA) is 88.4 Å². The van der Waals surface area contributed by atoms with Gasteiger partial charge < -0.3 is 9.73 Å². The van der Waals surface area contributed by atoms with Gasteiger partial charge in [0.25, 0.3) is 0 Å². The Hall–Kier alpha value is -2.12. The number of carbonyl (C=O) groups excluding carboxylic acids is 1. The van der Waals surface area contributed by atoms with E-state index in [0.717, 1.165) is 5.56 Å². The normalized spacial score (nSPS) is 13.0. The van der Waals surface area contributed by atoms with E-state index in [0.29, 0.717) is 12.2 Å². The molecule has 0 saturated heterocycles. The molecule has 0 aliphatic carbocycles. The van der Waals surface area contributed by atoms with Crippen LogP contribution in [0.25, 0.3) is 0 Å². The molecule has 25 heavy (non-hydrogen) atoms. The number of furan rings is 1. The maximum Gasteiger partial charge on any atom is 0.241 e. The first-order chi connectivity index (χ1) is 11.8. The highest BCUT2D eigenvalue weighted by Crippen LogP contribution is 2.13. The Morgan fingerprint density at radius 3 is 2.40 bits per heavy atom. The molecule has 0 aliphatic heterocycles. The number of hydrogen-bond acceptors (Lipinski definition) is 4. The first-order valence-electron chi connectivity index (χ1n) is 8.17. The van der Waals surface area contributed by atoms with Crippen LogP contribution in [0.4, 0.5) is 0 Å². The molecule has 0 spiro atoms. The third kappa shape index (κ3) is 5.72. The summed E-state index contributed by atoms with van der Waals surface area (Å²) in [5.41, 5.74) is 0.967. The van der Waals surface area contributed by atoms with Gasteiger partial charge in [0.05, 0.1) is 17.7 Å². The first kappa shape index (κ1) is 19.2. The van der Waals surface area contributed by atoms with Crippen molar-refractivity contribution in [2.45, 2.75) is 44.7 Å². The van der Waals surface area contributed by atoms with Crippen LogP contribution in [0.15, 0.2) is 52.0 Å². The smallest absolute Gasteiger partial charge is 0.241 e. The lowest BCUT2D eigenvalue weighted by atomic mass is 10.0. The van der Waals surface area contributed by atoms with Crippen LogP contribution in [0.5, 0.6) is 0 Å². The Morgan fingerprint density at radius 1 is 1.16 bits per heavy atom. The van der Waals surface area contributed by atoms with Crippen molar-refractivity contribution in [2.75, 3.05) is 0 Å². The van der Waals surface area contributed by atoms with E-state index in [2.05, 4.69) is 10.0 Å². The summed E-state index contributed by atoms with van der Waals surface area (Å²) in [6.45, 7) is 5.97. The van der Waals surface area contributed by atoms with Crippen molar-refractivity contribution in [1.82, 2.24) is 10.0 Å². The van der Waals surface area contributed by atoms with Crippen molar-refractivity contribution in [2.24, 2.45) is 5.92 Å². The molecule has 6 nitrogen and oxygen atoms in total. The summed E-state index contributed by atoms with van der Waals surface area (Å²) in [6, 6.07) is 9.14. The van der Waals surface area contributed by atoms with Gasteiger partial charge in [0.1, 0.15) is 11.8 Å².